The summed E-state index contributed by atoms with van der Waals surface area (Å²) in [4.78, 5) is 23.5. The third kappa shape index (κ3) is 3.32. The molecule has 2 aromatic rings. The molecule has 1 aromatic carbocycles. The van der Waals surface area contributed by atoms with E-state index in [1.54, 1.807) is 19.3 Å². The van der Waals surface area contributed by atoms with Crippen molar-refractivity contribution in [3.8, 4) is 0 Å². The van der Waals surface area contributed by atoms with E-state index in [1.165, 1.54) is 10.6 Å². The molecule has 0 saturated heterocycles. The number of benzene rings is 1. The summed E-state index contributed by atoms with van der Waals surface area (Å²) < 4.78 is 1.42. The van der Waals surface area contributed by atoms with Gasteiger partial charge < -0.3 is 9.88 Å². The van der Waals surface area contributed by atoms with Crippen LogP contribution in [0.15, 0.2) is 47.4 Å². The summed E-state index contributed by atoms with van der Waals surface area (Å²) in [7, 11) is 1.64. The van der Waals surface area contributed by atoms with Crippen molar-refractivity contribution >= 4 is 27.5 Å². The Balaban J connectivity index is 2.20. The van der Waals surface area contributed by atoms with Gasteiger partial charge in [0.05, 0.1) is 0 Å². The van der Waals surface area contributed by atoms with Crippen LogP contribution in [0.25, 0.3) is 0 Å². The number of pyridine rings is 1. The zero-order valence-electron chi connectivity index (χ0n) is 10.4. The Morgan fingerprint density at radius 3 is 2.79 bits per heavy atom. The van der Waals surface area contributed by atoms with Crippen molar-refractivity contribution in [1.82, 2.24) is 4.57 Å². The van der Waals surface area contributed by atoms with E-state index < -0.39 is 0 Å². The van der Waals surface area contributed by atoms with Crippen LogP contribution in [0.5, 0.6) is 0 Å². The van der Waals surface area contributed by atoms with E-state index in [4.69, 9.17) is 0 Å². The Morgan fingerprint density at radius 2 is 2.11 bits per heavy atom. The maximum Gasteiger partial charge on any atom is 0.255 e. The van der Waals surface area contributed by atoms with Crippen LogP contribution in [-0.4, -0.2) is 10.5 Å². The lowest BCUT2D eigenvalue weighted by molar-refractivity contribution is 0.102. The predicted octanol–water partition coefficient (Wildman–Crippen LogP) is 2.53. The first-order chi connectivity index (χ1) is 9.10. The Morgan fingerprint density at radius 1 is 1.32 bits per heavy atom. The van der Waals surface area contributed by atoms with Crippen LogP contribution < -0.4 is 10.9 Å². The van der Waals surface area contributed by atoms with E-state index in [1.807, 2.05) is 24.3 Å². The first-order valence-electron chi connectivity index (χ1n) is 5.73. The molecule has 2 rings (SSSR count). The highest BCUT2D eigenvalue weighted by Crippen LogP contribution is 2.14. The number of hydrogen-bond donors (Lipinski definition) is 1. The molecule has 1 amide bonds. The van der Waals surface area contributed by atoms with Gasteiger partial charge in [0.1, 0.15) is 0 Å². The molecule has 0 atom stereocenters. The minimum atomic E-state index is -0.288. The number of anilines is 1. The molecule has 0 radical (unpaired) electrons. The van der Waals surface area contributed by atoms with Crippen molar-refractivity contribution in [2.75, 3.05) is 5.32 Å². The molecule has 0 aliphatic heterocycles. The van der Waals surface area contributed by atoms with Gasteiger partial charge in [-0.05, 0) is 23.8 Å². The van der Waals surface area contributed by atoms with Gasteiger partial charge in [-0.15, -0.1) is 0 Å². The molecule has 0 fully saturated rings. The molecular formula is C14H13BrN2O2. The molecular weight excluding hydrogens is 308 g/mol. The van der Waals surface area contributed by atoms with Crippen molar-refractivity contribution in [3.63, 3.8) is 0 Å². The van der Waals surface area contributed by atoms with Crippen LogP contribution >= 0.6 is 15.9 Å². The van der Waals surface area contributed by atoms with Crippen LogP contribution in [0.1, 0.15) is 15.9 Å². The van der Waals surface area contributed by atoms with Crippen molar-refractivity contribution in [2.45, 2.75) is 5.33 Å². The maximum atomic E-state index is 12.0. The molecule has 19 heavy (non-hydrogen) atoms. The van der Waals surface area contributed by atoms with E-state index in [9.17, 15) is 9.59 Å². The first kappa shape index (κ1) is 13.5. The van der Waals surface area contributed by atoms with Gasteiger partial charge in [-0.1, -0.05) is 28.1 Å². The van der Waals surface area contributed by atoms with Gasteiger partial charge in [0.15, 0.2) is 0 Å². The van der Waals surface area contributed by atoms with Gasteiger partial charge >= 0.3 is 0 Å². The Labute approximate surface area is 119 Å². The number of aromatic nitrogens is 1. The van der Waals surface area contributed by atoms with E-state index in [0.29, 0.717) is 11.3 Å². The number of carbonyl (C=O) groups is 1. The second-order valence-corrected chi connectivity index (χ2v) is 4.71. The number of alkyl halides is 1. The van der Waals surface area contributed by atoms with Crippen LogP contribution in [-0.2, 0) is 12.4 Å². The number of rotatable bonds is 3. The zero-order chi connectivity index (χ0) is 13.8. The van der Waals surface area contributed by atoms with Crippen LogP contribution in [0.4, 0.5) is 5.69 Å². The summed E-state index contributed by atoms with van der Waals surface area (Å²) in [5.41, 5.74) is 1.93. The van der Waals surface area contributed by atoms with E-state index in [-0.39, 0.29) is 11.5 Å². The van der Waals surface area contributed by atoms with E-state index in [2.05, 4.69) is 21.2 Å². The average Bonchev–Trinajstić information content (AvgIpc) is 2.42. The highest BCUT2D eigenvalue weighted by atomic mass is 79.9. The number of nitrogens with zero attached hydrogens (tertiary/aromatic N) is 1. The molecule has 0 aliphatic carbocycles. The van der Waals surface area contributed by atoms with Gasteiger partial charge in [-0.3, -0.25) is 9.59 Å². The van der Waals surface area contributed by atoms with E-state index in [0.717, 1.165) is 10.9 Å². The van der Waals surface area contributed by atoms with Gasteiger partial charge in [0.25, 0.3) is 11.5 Å². The quantitative estimate of drug-likeness (QED) is 0.883. The normalized spacial score (nSPS) is 10.2. The summed E-state index contributed by atoms with van der Waals surface area (Å²) in [5.74, 6) is -0.288. The lowest BCUT2D eigenvalue weighted by atomic mass is 10.2. The topological polar surface area (TPSA) is 51.1 Å². The number of amides is 1. The molecule has 98 valence electrons. The molecule has 4 nitrogen and oxygen atoms in total. The lowest BCUT2D eigenvalue weighted by Gasteiger charge is -2.06. The van der Waals surface area contributed by atoms with Gasteiger partial charge in [0, 0.05) is 35.9 Å². The third-order valence-electron chi connectivity index (χ3n) is 2.71. The smallest absolute Gasteiger partial charge is 0.255 e. The Kier molecular flexibility index (Phi) is 4.16. The van der Waals surface area contributed by atoms with Gasteiger partial charge in [0.2, 0.25) is 0 Å². The fourth-order valence-electron chi connectivity index (χ4n) is 1.63. The minimum absolute atomic E-state index is 0.207. The van der Waals surface area contributed by atoms with Crippen molar-refractivity contribution in [3.05, 3.63) is 64.1 Å². The average molecular weight is 321 g/mol. The Bertz CT molecular complexity index is 664. The Hall–Kier alpha value is -1.88. The number of halogens is 1. The van der Waals surface area contributed by atoms with Crippen LogP contribution in [0.2, 0.25) is 0 Å². The molecule has 0 saturated carbocycles. The minimum Gasteiger partial charge on any atom is -0.322 e. The molecule has 0 aliphatic rings. The highest BCUT2D eigenvalue weighted by Gasteiger charge is 2.07. The van der Waals surface area contributed by atoms with Crippen molar-refractivity contribution in [2.24, 2.45) is 7.05 Å². The first-order valence-corrected chi connectivity index (χ1v) is 6.85. The second-order valence-electron chi connectivity index (χ2n) is 4.15. The van der Waals surface area contributed by atoms with Crippen molar-refractivity contribution in [1.29, 1.82) is 0 Å². The standard InChI is InChI=1S/C14H13BrN2O2/c1-17-6-5-11(8-13(17)18)14(19)16-12-4-2-3-10(7-12)9-15/h2-8H,9H2,1H3,(H,16,19). The van der Waals surface area contributed by atoms with Crippen molar-refractivity contribution < 1.29 is 4.79 Å². The zero-order valence-corrected chi connectivity index (χ0v) is 12.0. The van der Waals surface area contributed by atoms with Crippen LogP contribution in [0, 0.1) is 0 Å². The lowest BCUT2D eigenvalue weighted by Crippen LogP contribution is -2.19. The fraction of sp³-hybridized carbons (Fsp3) is 0.143. The second kappa shape index (κ2) is 5.84. The van der Waals surface area contributed by atoms with E-state index >= 15 is 0 Å². The fourth-order valence-corrected chi connectivity index (χ4v) is 1.97. The van der Waals surface area contributed by atoms with Gasteiger partial charge in [-0.2, -0.15) is 0 Å². The number of aryl methyl sites for hydroxylation is 1. The highest BCUT2D eigenvalue weighted by molar-refractivity contribution is 9.08. The summed E-state index contributed by atoms with van der Waals surface area (Å²) in [6, 6.07) is 10.5. The molecule has 1 heterocycles. The molecule has 0 spiro atoms. The number of hydrogen-bond acceptors (Lipinski definition) is 2. The van der Waals surface area contributed by atoms with Gasteiger partial charge in [-0.25, -0.2) is 0 Å². The predicted molar refractivity (Wildman–Crippen MR) is 78.7 cm³/mol. The maximum absolute atomic E-state index is 12.0. The summed E-state index contributed by atoms with van der Waals surface area (Å²) in [5, 5.41) is 3.50. The molecule has 1 N–H and O–H groups in total. The molecule has 5 heteroatoms. The van der Waals surface area contributed by atoms with Crippen LogP contribution in [0.3, 0.4) is 0 Å². The molecule has 0 bridgehead atoms. The summed E-state index contributed by atoms with van der Waals surface area (Å²) in [6.07, 6.45) is 1.58. The number of carbonyl (C=O) groups excluding carboxylic acids is 1. The third-order valence-corrected chi connectivity index (χ3v) is 3.35. The molecule has 1 aromatic heterocycles. The largest absolute Gasteiger partial charge is 0.322 e. The molecule has 0 unspecified atom stereocenters. The SMILES string of the molecule is Cn1ccc(C(=O)Nc2cccc(CBr)c2)cc1=O. The monoisotopic (exact) mass is 320 g/mol. The summed E-state index contributed by atoms with van der Waals surface area (Å²) >= 11 is 3.36. The summed E-state index contributed by atoms with van der Waals surface area (Å²) in [6.45, 7) is 0. The number of nitrogens with one attached hydrogen (secondary N) is 1.